The quantitative estimate of drug-likeness (QED) is 0.878. The highest BCUT2D eigenvalue weighted by atomic mass is 19.1. The lowest BCUT2D eigenvalue weighted by molar-refractivity contribution is 0.163. The second-order valence-corrected chi connectivity index (χ2v) is 6.02. The van der Waals surface area contributed by atoms with Gasteiger partial charge in [0.25, 0.3) is 0 Å². The van der Waals surface area contributed by atoms with Crippen molar-refractivity contribution in [3.63, 3.8) is 0 Å². The van der Waals surface area contributed by atoms with Gasteiger partial charge >= 0.3 is 0 Å². The molecule has 1 saturated heterocycles. The number of piperidine rings is 1. The molecule has 1 atom stereocenters. The van der Waals surface area contributed by atoms with Gasteiger partial charge in [-0.1, -0.05) is 18.2 Å². The van der Waals surface area contributed by atoms with Crippen LogP contribution in [0.3, 0.4) is 0 Å². The molecular formula is C16H23FN2. The highest BCUT2D eigenvalue weighted by Gasteiger charge is 2.24. The van der Waals surface area contributed by atoms with Gasteiger partial charge in [0.1, 0.15) is 5.82 Å². The first-order valence-corrected chi connectivity index (χ1v) is 7.50. The Balaban J connectivity index is 1.51. The summed E-state index contributed by atoms with van der Waals surface area (Å²) in [5, 5.41) is 3.62. The van der Waals surface area contributed by atoms with Crippen molar-refractivity contribution in [2.45, 2.75) is 38.3 Å². The van der Waals surface area contributed by atoms with Gasteiger partial charge in [-0.2, -0.15) is 0 Å². The van der Waals surface area contributed by atoms with E-state index < -0.39 is 0 Å². The number of nitrogens with zero attached hydrogens (tertiary/aromatic N) is 1. The standard InChI is InChI=1S/C16H23FN2/c17-16-6-2-1-5-14(16)12-19-9-3-4-13(11-19)10-18-15-7-8-15/h1-2,5-6,13,15,18H,3-4,7-12H2. The van der Waals surface area contributed by atoms with Crippen LogP contribution in [0.4, 0.5) is 4.39 Å². The zero-order valence-electron chi connectivity index (χ0n) is 11.4. The fraction of sp³-hybridized carbons (Fsp3) is 0.625. The van der Waals surface area contributed by atoms with E-state index in [0.717, 1.165) is 43.7 Å². The van der Waals surface area contributed by atoms with Crippen LogP contribution in [0, 0.1) is 11.7 Å². The van der Waals surface area contributed by atoms with Crippen molar-refractivity contribution in [1.82, 2.24) is 10.2 Å². The van der Waals surface area contributed by atoms with Gasteiger partial charge in [0.15, 0.2) is 0 Å². The molecule has 3 rings (SSSR count). The van der Waals surface area contributed by atoms with E-state index in [1.807, 2.05) is 12.1 Å². The summed E-state index contributed by atoms with van der Waals surface area (Å²) in [6.07, 6.45) is 5.26. The van der Waals surface area contributed by atoms with Crippen molar-refractivity contribution in [2.24, 2.45) is 5.92 Å². The van der Waals surface area contributed by atoms with Gasteiger partial charge in [-0.15, -0.1) is 0 Å². The summed E-state index contributed by atoms with van der Waals surface area (Å²) in [6, 6.07) is 7.94. The van der Waals surface area contributed by atoms with Crippen LogP contribution in [0.5, 0.6) is 0 Å². The van der Waals surface area contributed by atoms with Crippen LogP contribution in [0.2, 0.25) is 0 Å². The molecule has 1 aliphatic heterocycles. The van der Waals surface area contributed by atoms with Crippen molar-refractivity contribution in [1.29, 1.82) is 0 Å². The van der Waals surface area contributed by atoms with Crippen LogP contribution in [0.1, 0.15) is 31.2 Å². The molecule has 1 aliphatic carbocycles. The van der Waals surface area contributed by atoms with Gasteiger partial charge in [0.2, 0.25) is 0 Å². The van der Waals surface area contributed by atoms with E-state index in [2.05, 4.69) is 10.2 Å². The summed E-state index contributed by atoms with van der Waals surface area (Å²) < 4.78 is 13.7. The number of rotatable bonds is 5. The number of benzene rings is 1. The van der Waals surface area contributed by atoms with Crippen molar-refractivity contribution in [3.05, 3.63) is 35.6 Å². The van der Waals surface area contributed by atoms with Gasteiger partial charge < -0.3 is 5.32 Å². The average Bonchev–Trinajstić information content (AvgIpc) is 3.24. The van der Waals surface area contributed by atoms with Gasteiger partial charge in [-0.05, 0) is 50.8 Å². The Labute approximate surface area is 115 Å². The third-order valence-electron chi connectivity index (χ3n) is 4.23. The molecule has 3 heteroatoms. The third kappa shape index (κ3) is 3.77. The highest BCUT2D eigenvalue weighted by molar-refractivity contribution is 5.17. The van der Waals surface area contributed by atoms with Crippen molar-refractivity contribution >= 4 is 0 Å². The summed E-state index contributed by atoms with van der Waals surface area (Å²) in [5.74, 6) is 0.668. The van der Waals surface area contributed by atoms with E-state index in [1.165, 1.54) is 25.7 Å². The van der Waals surface area contributed by atoms with E-state index in [0.29, 0.717) is 0 Å². The molecule has 2 nitrogen and oxygen atoms in total. The zero-order valence-corrected chi connectivity index (χ0v) is 11.4. The minimum atomic E-state index is -0.0688. The van der Waals surface area contributed by atoms with E-state index >= 15 is 0 Å². The molecule has 2 fully saturated rings. The maximum atomic E-state index is 13.7. The molecule has 0 aromatic heterocycles. The Hall–Kier alpha value is -0.930. The Morgan fingerprint density at radius 3 is 2.84 bits per heavy atom. The van der Waals surface area contributed by atoms with Crippen molar-refractivity contribution in [3.8, 4) is 0 Å². The van der Waals surface area contributed by atoms with E-state index in [1.54, 1.807) is 12.1 Å². The predicted molar refractivity (Wildman–Crippen MR) is 75.4 cm³/mol. The first-order chi connectivity index (χ1) is 9.31. The largest absolute Gasteiger partial charge is 0.314 e. The lowest BCUT2D eigenvalue weighted by Gasteiger charge is -2.33. The van der Waals surface area contributed by atoms with Crippen LogP contribution in [0.15, 0.2) is 24.3 Å². The summed E-state index contributed by atoms with van der Waals surface area (Å²) in [6.45, 7) is 4.10. The molecule has 0 spiro atoms. The fourth-order valence-electron chi connectivity index (χ4n) is 2.95. The molecule has 1 aromatic carbocycles. The smallest absolute Gasteiger partial charge is 0.127 e. The Morgan fingerprint density at radius 1 is 1.21 bits per heavy atom. The van der Waals surface area contributed by atoms with Crippen LogP contribution in [-0.4, -0.2) is 30.6 Å². The SMILES string of the molecule is Fc1ccccc1CN1CCCC(CNC2CC2)C1. The Morgan fingerprint density at radius 2 is 2.05 bits per heavy atom. The first-order valence-electron chi connectivity index (χ1n) is 7.50. The maximum absolute atomic E-state index is 13.7. The lowest BCUT2D eigenvalue weighted by atomic mass is 9.97. The lowest BCUT2D eigenvalue weighted by Crippen LogP contribution is -2.39. The molecule has 1 aromatic rings. The molecule has 1 saturated carbocycles. The topological polar surface area (TPSA) is 15.3 Å². The van der Waals surface area contributed by atoms with Crippen LogP contribution in [0.25, 0.3) is 0 Å². The molecule has 1 unspecified atom stereocenters. The predicted octanol–water partition coefficient (Wildman–Crippen LogP) is 2.79. The highest BCUT2D eigenvalue weighted by Crippen LogP contribution is 2.22. The van der Waals surface area contributed by atoms with E-state index in [-0.39, 0.29) is 5.82 Å². The monoisotopic (exact) mass is 262 g/mol. The molecule has 1 heterocycles. The van der Waals surface area contributed by atoms with E-state index in [4.69, 9.17) is 0 Å². The maximum Gasteiger partial charge on any atom is 0.127 e. The second kappa shape index (κ2) is 6.02. The Bertz CT molecular complexity index is 417. The molecule has 0 bridgehead atoms. The van der Waals surface area contributed by atoms with Crippen LogP contribution >= 0.6 is 0 Å². The molecular weight excluding hydrogens is 239 g/mol. The molecule has 0 radical (unpaired) electrons. The molecule has 19 heavy (non-hydrogen) atoms. The number of halogens is 1. The first kappa shape index (κ1) is 13.1. The van der Waals surface area contributed by atoms with Crippen molar-refractivity contribution < 1.29 is 4.39 Å². The van der Waals surface area contributed by atoms with E-state index in [9.17, 15) is 4.39 Å². The fourth-order valence-corrected chi connectivity index (χ4v) is 2.95. The zero-order chi connectivity index (χ0) is 13.1. The minimum absolute atomic E-state index is 0.0688. The minimum Gasteiger partial charge on any atom is -0.314 e. The van der Waals surface area contributed by atoms with Gasteiger partial charge in [-0.25, -0.2) is 4.39 Å². The average molecular weight is 262 g/mol. The molecule has 0 amide bonds. The summed E-state index contributed by atoms with van der Waals surface area (Å²) in [7, 11) is 0. The van der Waals surface area contributed by atoms with Gasteiger partial charge in [0, 0.05) is 24.7 Å². The summed E-state index contributed by atoms with van der Waals surface area (Å²) in [5.41, 5.74) is 0.832. The summed E-state index contributed by atoms with van der Waals surface area (Å²) in [4.78, 5) is 2.40. The van der Waals surface area contributed by atoms with Gasteiger partial charge in [-0.3, -0.25) is 4.90 Å². The molecule has 1 N–H and O–H groups in total. The summed E-state index contributed by atoms with van der Waals surface area (Å²) >= 11 is 0. The third-order valence-corrected chi connectivity index (χ3v) is 4.23. The van der Waals surface area contributed by atoms with Crippen LogP contribution in [-0.2, 0) is 6.54 Å². The normalized spacial score (nSPS) is 24.6. The van der Waals surface area contributed by atoms with Gasteiger partial charge in [0.05, 0.1) is 0 Å². The van der Waals surface area contributed by atoms with Crippen LogP contribution < -0.4 is 5.32 Å². The number of nitrogens with one attached hydrogen (secondary N) is 1. The second-order valence-electron chi connectivity index (χ2n) is 6.02. The Kier molecular flexibility index (Phi) is 4.14. The number of hydrogen-bond acceptors (Lipinski definition) is 2. The molecule has 2 aliphatic rings. The van der Waals surface area contributed by atoms with Crippen molar-refractivity contribution in [2.75, 3.05) is 19.6 Å². The molecule has 104 valence electrons. The number of likely N-dealkylation sites (tertiary alicyclic amines) is 1. The number of hydrogen-bond donors (Lipinski definition) is 1.